The van der Waals surface area contributed by atoms with Gasteiger partial charge in [0.25, 0.3) is 0 Å². The molecule has 0 aliphatic rings. The number of carbonyl (C=O) groups excluding carboxylic acids is 1. The summed E-state index contributed by atoms with van der Waals surface area (Å²) in [6.07, 6.45) is -11.4. The van der Waals surface area contributed by atoms with Crippen LogP contribution in [-0.2, 0) is 4.79 Å². The summed E-state index contributed by atoms with van der Waals surface area (Å²) in [5, 5.41) is 0.349. The standard InChI is InChI=1S/C4HClF6NO/c5-2(12-1-13,3(6,7)8)4(9,10)11/h(H,12,13). The van der Waals surface area contributed by atoms with Gasteiger partial charge in [-0.25, -0.2) is 0 Å². The van der Waals surface area contributed by atoms with E-state index in [-0.39, 0.29) is 6.41 Å². The number of hydrogen-bond donors (Lipinski definition) is 1. The van der Waals surface area contributed by atoms with Crippen LogP contribution in [0.4, 0.5) is 26.3 Å². The van der Waals surface area contributed by atoms with Crippen LogP contribution in [0.15, 0.2) is 0 Å². The highest BCUT2D eigenvalue weighted by molar-refractivity contribution is 6.25. The Balaban J connectivity index is 5.07. The van der Waals surface area contributed by atoms with E-state index in [2.05, 4.69) is 11.6 Å². The van der Waals surface area contributed by atoms with Gasteiger partial charge in [-0.1, -0.05) is 11.6 Å². The molecular weight excluding hydrogens is 227 g/mol. The quantitative estimate of drug-likeness (QED) is 0.331. The van der Waals surface area contributed by atoms with Gasteiger partial charge >= 0.3 is 23.8 Å². The summed E-state index contributed by atoms with van der Waals surface area (Å²) in [7, 11) is 0. The lowest BCUT2D eigenvalue weighted by molar-refractivity contribution is -0.272. The lowest BCUT2D eigenvalue weighted by atomic mass is 10.2. The molecule has 0 saturated heterocycles. The largest absolute Gasteiger partial charge is 0.434 e. The maximum atomic E-state index is 11.7. The predicted octanol–water partition coefficient (Wildman–Crippen LogP) is 1.70. The highest BCUT2D eigenvalue weighted by atomic mass is 35.5. The average Bonchev–Trinajstić information content (AvgIpc) is 1.82. The van der Waals surface area contributed by atoms with Gasteiger partial charge in [-0.2, -0.15) is 26.3 Å². The molecule has 0 unspecified atom stereocenters. The third kappa shape index (κ3) is 2.17. The van der Waals surface area contributed by atoms with Crippen molar-refractivity contribution >= 4 is 18.0 Å². The lowest BCUT2D eigenvalue weighted by Crippen LogP contribution is -2.61. The van der Waals surface area contributed by atoms with Gasteiger partial charge in [0.2, 0.25) is 0 Å². The Bertz CT molecular complexity index is 184. The molecule has 1 N–H and O–H groups in total. The van der Waals surface area contributed by atoms with Crippen LogP contribution >= 0.6 is 11.6 Å². The van der Waals surface area contributed by atoms with Crippen molar-refractivity contribution in [1.82, 2.24) is 5.32 Å². The number of amides is 1. The van der Waals surface area contributed by atoms with E-state index in [4.69, 9.17) is 0 Å². The first-order valence-corrected chi connectivity index (χ1v) is 2.90. The Labute approximate surface area is 72.8 Å². The number of hydrogen-bond acceptors (Lipinski definition) is 1. The molecule has 0 aromatic heterocycles. The molecule has 0 bridgehead atoms. The third-order valence-electron chi connectivity index (χ3n) is 1.00. The Kier molecular flexibility index (Phi) is 3.08. The van der Waals surface area contributed by atoms with E-state index >= 15 is 0 Å². The van der Waals surface area contributed by atoms with E-state index in [1.165, 1.54) is 0 Å². The minimum absolute atomic E-state index is 0.249. The molecule has 0 fully saturated rings. The molecule has 0 saturated carbocycles. The molecule has 1 radical (unpaired) electrons. The molecule has 1 amide bonds. The zero-order chi connectivity index (χ0) is 10.9. The van der Waals surface area contributed by atoms with Gasteiger partial charge in [0.05, 0.1) is 0 Å². The molecule has 0 aliphatic carbocycles. The van der Waals surface area contributed by atoms with Gasteiger partial charge in [-0.05, 0) is 0 Å². The molecule has 77 valence electrons. The highest BCUT2D eigenvalue weighted by Gasteiger charge is 2.71. The number of alkyl halides is 7. The van der Waals surface area contributed by atoms with Gasteiger partial charge in [0, 0.05) is 0 Å². The van der Waals surface area contributed by atoms with Crippen molar-refractivity contribution in [2.45, 2.75) is 17.4 Å². The zero-order valence-corrected chi connectivity index (χ0v) is 6.31. The zero-order valence-electron chi connectivity index (χ0n) is 5.55. The first-order valence-electron chi connectivity index (χ1n) is 2.53. The number of nitrogens with one attached hydrogen (secondary N) is 1. The van der Waals surface area contributed by atoms with Crippen LogP contribution in [-0.4, -0.2) is 23.8 Å². The van der Waals surface area contributed by atoms with Gasteiger partial charge in [0.1, 0.15) is 0 Å². The van der Waals surface area contributed by atoms with Crippen LogP contribution in [0.5, 0.6) is 0 Å². The van der Waals surface area contributed by atoms with Crippen molar-refractivity contribution in [1.29, 1.82) is 0 Å². The van der Waals surface area contributed by atoms with E-state index in [1.807, 2.05) is 0 Å². The summed E-state index contributed by atoms with van der Waals surface area (Å²) in [6.45, 7) is 0. The molecule has 13 heavy (non-hydrogen) atoms. The van der Waals surface area contributed by atoms with Crippen LogP contribution in [0.3, 0.4) is 0 Å². The van der Waals surface area contributed by atoms with E-state index in [1.54, 1.807) is 0 Å². The Hall–Kier alpha value is -0.660. The van der Waals surface area contributed by atoms with Gasteiger partial charge in [-0.15, -0.1) is 0 Å². The minimum Gasteiger partial charge on any atom is -0.314 e. The Morgan fingerprint density at radius 3 is 1.38 bits per heavy atom. The predicted molar refractivity (Wildman–Crippen MR) is 29.5 cm³/mol. The van der Waals surface area contributed by atoms with Crippen molar-refractivity contribution in [3.63, 3.8) is 0 Å². The fourth-order valence-corrected chi connectivity index (χ4v) is 0.411. The molecule has 0 aromatic rings. The summed E-state index contributed by atoms with van der Waals surface area (Å²) in [5.74, 6) is 0. The van der Waals surface area contributed by atoms with E-state index in [0.29, 0.717) is 5.32 Å². The van der Waals surface area contributed by atoms with Crippen molar-refractivity contribution in [2.24, 2.45) is 0 Å². The molecule has 2 nitrogen and oxygen atoms in total. The number of rotatable bonds is 2. The monoisotopic (exact) mass is 228 g/mol. The second-order valence-corrected chi connectivity index (χ2v) is 2.45. The molecule has 0 atom stereocenters. The average molecular weight is 228 g/mol. The van der Waals surface area contributed by atoms with Gasteiger partial charge < -0.3 is 5.32 Å². The van der Waals surface area contributed by atoms with Crippen molar-refractivity contribution in [3.05, 3.63) is 0 Å². The van der Waals surface area contributed by atoms with E-state index < -0.39 is 17.4 Å². The Morgan fingerprint density at radius 2 is 1.31 bits per heavy atom. The van der Waals surface area contributed by atoms with E-state index in [0.717, 1.165) is 0 Å². The minimum atomic E-state index is -5.84. The topological polar surface area (TPSA) is 29.1 Å². The third-order valence-corrected chi connectivity index (χ3v) is 1.53. The van der Waals surface area contributed by atoms with Crippen molar-refractivity contribution < 1.29 is 31.1 Å². The molecule has 0 rings (SSSR count). The second kappa shape index (κ2) is 3.24. The summed E-state index contributed by atoms with van der Waals surface area (Å²) in [4.78, 5) is 4.62. The fraction of sp³-hybridized carbons (Fsp3) is 0.750. The fourth-order valence-electron chi connectivity index (χ4n) is 0.373. The first-order chi connectivity index (χ1) is 5.56. The molecular formula is C4HClF6NO. The van der Waals surface area contributed by atoms with Gasteiger partial charge in [-0.3, -0.25) is 4.79 Å². The first kappa shape index (κ1) is 12.3. The maximum Gasteiger partial charge on any atom is 0.434 e. The molecule has 9 heteroatoms. The maximum absolute atomic E-state index is 11.7. The van der Waals surface area contributed by atoms with E-state index in [9.17, 15) is 31.1 Å². The summed E-state index contributed by atoms with van der Waals surface area (Å²) >= 11 is 4.17. The molecule has 0 heterocycles. The van der Waals surface area contributed by atoms with Crippen LogP contribution in [0.1, 0.15) is 0 Å². The van der Waals surface area contributed by atoms with Crippen LogP contribution in [0.2, 0.25) is 0 Å². The molecule has 0 aliphatic heterocycles. The highest BCUT2D eigenvalue weighted by Crippen LogP contribution is 2.45. The second-order valence-electron chi connectivity index (χ2n) is 1.88. The summed E-state index contributed by atoms with van der Waals surface area (Å²) < 4.78 is 70.2. The molecule has 0 spiro atoms. The van der Waals surface area contributed by atoms with Crippen LogP contribution in [0.25, 0.3) is 0 Å². The summed E-state index contributed by atoms with van der Waals surface area (Å²) in [6, 6.07) is 0. The SMILES string of the molecule is O=[C]NC(Cl)(C(F)(F)F)C(F)(F)F. The lowest BCUT2D eigenvalue weighted by Gasteiger charge is -2.29. The van der Waals surface area contributed by atoms with Crippen LogP contribution in [0, 0.1) is 0 Å². The normalized spacial score (nSPS) is 14.1. The van der Waals surface area contributed by atoms with Crippen LogP contribution < -0.4 is 5.32 Å². The van der Waals surface area contributed by atoms with Crippen molar-refractivity contribution in [2.75, 3.05) is 0 Å². The number of halogens is 7. The molecule has 0 aromatic carbocycles. The summed E-state index contributed by atoms with van der Waals surface area (Å²) in [5.41, 5.74) is 0. The van der Waals surface area contributed by atoms with Crippen molar-refractivity contribution in [3.8, 4) is 0 Å². The van der Waals surface area contributed by atoms with Gasteiger partial charge in [0.15, 0.2) is 0 Å². The smallest absolute Gasteiger partial charge is 0.314 e. The Morgan fingerprint density at radius 1 is 1.00 bits per heavy atom.